The number of rotatable bonds is 2. The Bertz CT molecular complexity index is 532. The van der Waals surface area contributed by atoms with Gasteiger partial charge >= 0.3 is 5.51 Å². The van der Waals surface area contributed by atoms with Gasteiger partial charge in [-0.25, -0.2) is 0 Å². The van der Waals surface area contributed by atoms with Crippen LogP contribution >= 0.6 is 11.8 Å². The molecule has 0 bridgehead atoms. The van der Waals surface area contributed by atoms with Gasteiger partial charge in [0.1, 0.15) is 0 Å². The number of aromatic nitrogens is 1. The van der Waals surface area contributed by atoms with Crippen molar-refractivity contribution in [2.45, 2.75) is 10.4 Å². The zero-order valence-corrected chi connectivity index (χ0v) is 8.65. The molecule has 2 rings (SSSR count). The number of alkyl halides is 3. The van der Waals surface area contributed by atoms with Gasteiger partial charge in [-0.1, -0.05) is 6.07 Å². The molecular formula is C10H6F3NOS. The molecule has 0 aliphatic rings. The minimum absolute atomic E-state index is 0.0966. The maximum Gasteiger partial charge on any atom is 0.446 e. The molecule has 0 aliphatic heterocycles. The number of halogens is 3. The molecule has 0 unspecified atom stereocenters. The van der Waals surface area contributed by atoms with Crippen LogP contribution in [0.4, 0.5) is 13.2 Å². The summed E-state index contributed by atoms with van der Waals surface area (Å²) in [7, 11) is 0. The SMILES string of the molecule is O=Cc1cc2ccc(SC(F)(F)F)cc2[nH]1. The van der Waals surface area contributed by atoms with Crippen molar-refractivity contribution in [2.75, 3.05) is 0 Å². The highest BCUT2D eigenvalue weighted by atomic mass is 32.2. The third-order valence-electron chi connectivity index (χ3n) is 1.98. The van der Waals surface area contributed by atoms with Crippen molar-refractivity contribution >= 4 is 29.0 Å². The van der Waals surface area contributed by atoms with Gasteiger partial charge in [-0.05, 0) is 30.0 Å². The fourth-order valence-corrected chi connectivity index (χ4v) is 1.97. The Morgan fingerprint density at radius 2 is 2.00 bits per heavy atom. The van der Waals surface area contributed by atoms with Crippen molar-refractivity contribution in [2.24, 2.45) is 0 Å². The standard InChI is InChI=1S/C10H6F3NOS/c11-10(12,13)16-8-2-1-6-3-7(5-15)14-9(6)4-8/h1-5,14H. The van der Waals surface area contributed by atoms with Gasteiger partial charge in [0, 0.05) is 15.8 Å². The maximum absolute atomic E-state index is 12.1. The molecule has 0 fully saturated rings. The van der Waals surface area contributed by atoms with Crippen LogP contribution in [0, 0.1) is 0 Å². The molecule has 1 heterocycles. The number of nitrogens with one attached hydrogen (secondary N) is 1. The number of hydrogen-bond donors (Lipinski definition) is 1. The van der Waals surface area contributed by atoms with E-state index < -0.39 is 5.51 Å². The van der Waals surface area contributed by atoms with Crippen LogP contribution in [-0.2, 0) is 0 Å². The number of aromatic amines is 1. The van der Waals surface area contributed by atoms with Gasteiger partial charge in [-0.15, -0.1) is 0 Å². The van der Waals surface area contributed by atoms with Gasteiger partial charge in [-0.2, -0.15) is 13.2 Å². The number of carbonyl (C=O) groups excluding carboxylic acids is 1. The van der Waals surface area contributed by atoms with Crippen molar-refractivity contribution in [3.63, 3.8) is 0 Å². The Kier molecular flexibility index (Phi) is 2.67. The second kappa shape index (κ2) is 3.86. The first-order chi connectivity index (χ1) is 7.48. The molecule has 1 N–H and O–H groups in total. The van der Waals surface area contributed by atoms with E-state index in [9.17, 15) is 18.0 Å². The molecule has 0 saturated carbocycles. The molecule has 0 amide bonds. The molecule has 16 heavy (non-hydrogen) atoms. The van der Waals surface area contributed by atoms with E-state index in [1.54, 1.807) is 12.1 Å². The average molecular weight is 245 g/mol. The lowest BCUT2D eigenvalue weighted by Gasteiger charge is -2.04. The lowest BCUT2D eigenvalue weighted by molar-refractivity contribution is -0.0328. The normalized spacial score (nSPS) is 11.9. The number of H-pyrrole nitrogens is 1. The van der Waals surface area contributed by atoms with Crippen molar-refractivity contribution in [3.8, 4) is 0 Å². The third-order valence-corrected chi connectivity index (χ3v) is 2.70. The van der Waals surface area contributed by atoms with E-state index in [4.69, 9.17) is 0 Å². The molecule has 2 aromatic rings. The number of fused-ring (bicyclic) bond motifs is 1. The Labute approximate surface area is 92.8 Å². The summed E-state index contributed by atoms with van der Waals surface area (Å²) in [6.45, 7) is 0. The highest BCUT2D eigenvalue weighted by molar-refractivity contribution is 8.00. The first-order valence-electron chi connectivity index (χ1n) is 4.31. The molecule has 1 aromatic heterocycles. The van der Waals surface area contributed by atoms with Crippen LogP contribution in [0.2, 0.25) is 0 Å². The Hall–Kier alpha value is -1.43. The maximum atomic E-state index is 12.1. The Balaban J connectivity index is 2.39. The smallest absolute Gasteiger partial charge is 0.352 e. The highest BCUT2D eigenvalue weighted by Gasteiger charge is 2.29. The second-order valence-corrected chi connectivity index (χ2v) is 4.28. The van der Waals surface area contributed by atoms with Crippen LogP contribution in [0.25, 0.3) is 10.9 Å². The van der Waals surface area contributed by atoms with Crippen LogP contribution in [0.3, 0.4) is 0 Å². The molecule has 0 radical (unpaired) electrons. The summed E-state index contributed by atoms with van der Waals surface area (Å²) >= 11 is -0.176. The zero-order valence-electron chi connectivity index (χ0n) is 7.84. The van der Waals surface area contributed by atoms with Crippen LogP contribution in [0.15, 0.2) is 29.2 Å². The highest BCUT2D eigenvalue weighted by Crippen LogP contribution is 2.37. The Morgan fingerprint density at radius 3 is 2.62 bits per heavy atom. The number of thioether (sulfide) groups is 1. The lowest BCUT2D eigenvalue weighted by atomic mass is 10.2. The zero-order chi connectivity index (χ0) is 11.8. The van der Waals surface area contributed by atoms with Crippen molar-refractivity contribution in [1.82, 2.24) is 4.98 Å². The summed E-state index contributed by atoms with van der Waals surface area (Å²) < 4.78 is 36.3. The second-order valence-electron chi connectivity index (χ2n) is 3.14. The van der Waals surface area contributed by atoms with Crippen molar-refractivity contribution < 1.29 is 18.0 Å². The summed E-state index contributed by atoms with van der Waals surface area (Å²) in [5.41, 5.74) is -3.42. The van der Waals surface area contributed by atoms with Gasteiger partial charge in [0.15, 0.2) is 6.29 Å². The quantitative estimate of drug-likeness (QED) is 0.647. The topological polar surface area (TPSA) is 32.9 Å². The molecule has 84 valence electrons. The molecule has 6 heteroatoms. The lowest BCUT2D eigenvalue weighted by Crippen LogP contribution is -1.98. The van der Waals surface area contributed by atoms with Gasteiger partial charge in [0.25, 0.3) is 0 Å². The van der Waals surface area contributed by atoms with Crippen LogP contribution in [0.1, 0.15) is 10.5 Å². The molecule has 0 spiro atoms. The Morgan fingerprint density at radius 1 is 1.25 bits per heavy atom. The summed E-state index contributed by atoms with van der Waals surface area (Å²) in [4.78, 5) is 13.3. The van der Waals surface area contributed by atoms with Gasteiger partial charge in [-0.3, -0.25) is 4.79 Å². The van der Waals surface area contributed by atoms with Crippen LogP contribution in [-0.4, -0.2) is 16.8 Å². The van der Waals surface area contributed by atoms with E-state index >= 15 is 0 Å². The first-order valence-corrected chi connectivity index (χ1v) is 5.13. The van der Waals surface area contributed by atoms with Gasteiger partial charge < -0.3 is 4.98 Å². The fraction of sp³-hybridized carbons (Fsp3) is 0.100. The number of benzene rings is 1. The van der Waals surface area contributed by atoms with Gasteiger partial charge in [0.2, 0.25) is 0 Å². The largest absolute Gasteiger partial charge is 0.446 e. The summed E-state index contributed by atoms with van der Waals surface area (Å²) in [6.07, 6.45) is 0.622. The molecule has 0 atom stereocenters. The van der Waals surface area contributed by atoms with E-state index in [-0.39, 0.29) is 16.7 Å². The summed E-state index contributed by atoms with van der Waals surface area (Å²) in [6, 6.07) is 5.89. The summed E-state index contributed by atoms with van der Waals surface area (Å²) in [5, 5.41) is 0.716. The van der Waals surface area contributed by atoms with Crippen LogP contribution < -0.4 is 0 Å². The van der Waals surface area contributed by atoms with Gasteiger partial charge in [0.05, 0.1) is 5.69 Å². The van der Waals surface area contributed by atoms with E-state index in [1.807, 2.05) is 0 Å². The third kappa shape index (κ3) is 2.38. The van der Waals surface area contributed by atoms with Crippen molar-refractivity contribution in [3.05, 3.63) is 30.0 Å². The fourth-order valence-electron chi connectivity index (χ4n) is 1.39. The van der Waals surface area contributed by atoms with E-state index in [2.05, 4.69) is 4.98 Å². The molecule has 0 saturated heterocycles. The predicted molar refractivity (Wildman–Crippen MR) is 55.6 cm³/mol. The van der Waals surface area contributed by atoms with Crippen LogP contribution in [0.5, 0.6) is 0 Å². The minimum Gasteiger partial charge on any atom is -0.352 e. The monoisotopic (exact) mass is 245 g/mol. The number of carbonyl (C=O) groups is 1. The molecule has 2 nitrogen and oxygen atoms in total. The predicted octanol–water partition coefficient (Wildman–Crippen LogP) is 3.59. The van der Waals surface area contributed by atoms with E-state index in [1.165, 1.54) is 12.1 Å². The average Bonchev–Trinajstić information content (AvgIpc) is 2.57. The van der Waals surface area contributed by atoms with E-state index in [0.717, 1.165) is 0 Å². The first kappa shape index (κ1) is 11.1. The number of hydrogen-bond acceptors (Lipinski definition) is 2. The molecule has 1 aromatic carbocycles. The summed E-state index contributed by atoms with van der Waals surface area (Å²) in [5.74, 6) is 0. The number of aldehydes is 1. The molecular weight excluding hydrogens is 239 g/mol. The van der Waals surface area contributed by atoms with E-state index in [0.29, 0.717) is 22.9 Å². The minimum atomic E-state index is -4.30. The molecule has 0 aliphatic carbocycles. The van der Waals surface area contributed by atoms with Crippen molar-refractivity contribution in [1.29, 1.82) is 0 Å².